The molecule has 2 aliphatic rings. The normalized spacial score (nSPS) is 27.1. The molecule has 0 aromatic carbocycles. The molecule has 0 aliphatic carbocycles. The van der Waals surface area contributed by atoms with Gasteiger partial charge in [0, 0.05) is 13.1 Å². The summed E-state index contributed by atoms with van der Waals surface area (Å²) in [5.74, 6) is 0.749. The summed E-state index contributed by atoms with van der Waals surface area (Å²) in [7, 11) is 0. The van der Waals surface area contributed by atoms with E-state index in [0.717, 1.165) is 26.1 Å². The van der Waals surface area contributed by atoms with Gasteiger partial charge in [-0.05, 0) is 51.2 Å². The van der Waals surface area contributed by atoms with Crippen LogP contribution in [0.2, 0.25) is 0 Å². The van der Waals surface area contributed by atoms with Crippen LogP contribution < -0.4 is 10.6 Å². The quantitative estimate of drug-likeness (QED) is 0.767. The minimum atomic E-state index is 0.0535. The van der Waals surface area contributed by atoms with Gasteiger partial charge in [-0.1, -0.05) is 13.3 Å². The van der Waals surface area contributed by atoms with E-state index < -0.39 is 0 Å². The van der Waals surface area contributed by atoms with E-state index in [9.17, 15) is 4.79 Å². The average molecular weight is 253 g/mol. The first kappa shape index (κ1) is 13.8. The van der Waals surface area contributed by atoms with Crippen LogP contribution in [-0.4, -0.2) is 49.6 Å². The van der Waals surface area contributed by atoms with Crippen molar-refractivity contribution in [1.29, 1.82) is 0 Å². The Kier molecular flexibility index (Phi) is 5.45. The van der Waals surface area contributed by atoms with Gasteiger partial charge in [0.1, 0.15) is 0 Å². The SMILES string of the molecule is CC(CNC(=O)C1CCCCN1)CN1CCCC1. The zero-order chi connectivity index (χ0) is 12.8. The number of likely N-dealkylation sites (tertiary alicyclic amines) is 1. The highest BCUT2D eigenvalue weighted by Crippen LogP contribution is 2.10. The van der Waals surface area contributed by atoms with Crippen LogP contribution in [0, 0.1) is 5.92 Å². The van der Waals surface area contributed by atoms with Crippen molar-refractivity contribution in [3.05, 3.63) is 0 Å². The second-order valence-corrected chi connectivity index (χ2v) is 5.86. The van der Waals surface area contributed by atoms with E-state index in [1.807, 2.05) is 0 Å². The van der Waals surface area contributed by atoms with Crippen LogP contribution in [0.15, 0.2) is 0 Å². The third-order valence-electron chi connectivity index (χ3n) is 4.02. The maximum absolute atomic E-state index is 12.0. The molecule has 0 spiro atoms. The molecule has 2 unspecified atom stereocenters. The van der Waals surface area contributed by atoms with Gasteiger partial charge in [-0.3, -0.25) is 4.79 Å². The van der Waals surface area contributed by atoms with E-state index >= 15 is 0 Å². The van der Waals surface area contributed by atoms with E-state index in [1.54, 1.807) is 0 Å². The molecule has 2 saturated heterocycles. The predicted molar refractivity (Wildman–Crippen MR) is 73.5 cm³/mol. The van der Waals surface area contributed by atoms with Crippen LogP contribution >= 0.6 is 0 Å². The standard InChI is InChI=1S/C14H27N3O/c1-12(11-17-8-4-5-9-17)10-16-14(18)13-6-2-3-7-15-13/h12-13,15H,2-11H2,1H3,(H,16,18). The van der Waals surface area contributed by atoms with Crippen molar-refractivity contribution < 1.29 is 4.79 Å². The maximum atomic E-state index is 12.0. The summed E-state index contributed by atoms with van der Waals surface area (Å²) in [4.78, 5) is 14.5. The van der Waals surface area contributed by atoms with Gasteiger partial charge in [-0.25, -0.2) is 0 Å². The van der Waals surface area contributed by atoms with Gasteiger partial charge in [0.15, 0.2) is 0 Å². The molecule has 2 N–H and O–H groups in total. The van der Waals surface area contributed by atoms with Gasteiger partial charge in [0.05, 0.1) is 6.04 Å². The largest absolute Gasteiger partial charge is 0.354 e. The lowest BCUT2D eigenvalue weighted by Crippen LogP contribution is -2.48. The topological polar surface area (TPSA) is 44.4 Å². The van der Waals surface area contributed by atoms with Gasteiger partial charge in [-0.2, -0.15) is 0 Å². The molecular formula is C14H27N3O. The summed E-state index contributed by atoms with van der Waals surface area (Å²) < 4.78 is 0. The average Bonchev–Trinajstić information content (AvgIpc) is 2.90. The number of piperidine rings is 1. The summed E-state index contributed by atoms with van der Waals surface area (Å²) >= 11 is 0. The van der Waals surface area contributed by atoms with Crippen LogP contribution in [0.3, 0.4) is 0 Å². The Hall–Kier alpha value is -0.610. The molecule has 104 valence electrons. The van der Waals surface area contributed by atoms with Crippen LogP contribution in [0.1, 0.15) is 39.0 Å². The molecule has 2 rings (SSSR count). The Morgan fingerprint density at radius 1 is 1.33 bits per heavy atom. The number of hydrogen-bond donors (Lipinski definition) is 2. The number of carbonyl (C=O) groups is 1. The molecule has 0 aromatic heterocycles. The fraction of sp³-hybridized carbons (Fsp3) is 0.929. The Bertz CT molecular complexity index is 258. The zero-order valence-corrected chi connectivity index (χ0v) is 11.6. The minimum Gasteiger partial charge on any atom is -0.354 e. The van der Waals surface area contributed by atoms with Gasteiger partial charge in [0.25, 0.3) is 0 Å². The Morgan fingerprint density at radius 2 is 2.11 bits per heavy atom. The van der Waals surface area contributed by atoms with Crippen molar-refractivity contribution in [1.82, 2.24) is 15.5 Å². The summed E-state index contributed by atoms with van der Waals surface area (Å²) in [5.41, 5.74) is 0. The smallest absolute Gasteiger partial charge is 0.237 e. The fourth-order valence-electron chi connectivity index (χ4n) is 2.94. The lowest BCUT2D eigenvalue weighted by molar-refractivity contribution is -0.123. The second kappa shape index (κ2) is 7.10. The van der Waals surface area contributed by atoms with Crippen LogP contribution in [0.4, 0.5) is 0 Å². The molecule has 0 bridgehead atoms. The van der Waals surface area contributed by atoms with E-state index in [1.165, 1.54) is 38.8 Å². The molecule has 0 saturated carbocycles. The van der Waals surface area contributed by atoms with Crippen molar-refractivity contribution in [3.8, 4) is 0 Å². The molecule has 2 aliphatic heterocycles. The Balaban J connectivity index is 1.61. The summed E-state index contributed by atoms with van der Waals surface area (Å²) in [6.45, 7) is 7.63. The van der Waals surface area contributed by atoms with Crippen molar-refractivity contribution in [2.75, 3.05) is 32.7 Å². The minimum absolute atomic E-state index is 0.0535. The summed E-state index contributed by atoms with van der Waals surface area (Å²) in [5, 5.41) is 6.39. The molecule has 1 amide bonds. The lowest BCUT2D eigenvalue weighted by Gasteiger charge is -2.24. The van der Waals surface area contributed by atoms with Gasteiger partial charge >= 0.3 is 0 Å². The highest BCUT2D eigenvalue weighted by Gasteiger charge is 2.21. The molecule has 0 aromatic rings. The van der Waals surface area contributed by atoms with Crippen molar-refractivity contribution >= 4 is 5.91 Å². The van der Waals surface area contributed by atoms with E-state index in [-0.39, 0.29) is 11.9 Å². The molecule has 4 heteroatoms. The maximum Gasteiger partial charge on any atom is 0.237 e. The third kappa shape index (κ3) is 4.25. The van der Waals surface area contributed by atoms with Crippen molar-refractivity contribution in [3.63, 3.8) is 0 Å². The number of nitrogens with zero attached hydrogens (tertiary/aromatic N) is 1. The van der Waals surface area contributed by atoms with E-state index in [4.69, 9.17) is 0 Å². The first-order valence-corrected chi connectivity index (χ1v) is 7.49. The summed E-state index contributed by atoms with van der Waals surface area (Å²) in [6, 6.07) is 0.0535. The number of carbonyl (C=O) groups excluding carboxylic acids is 1. The summed E-state index contributed by atoms with van der Waals surface area (Å²) in [6.07, 6.45) is 6.05. The third-order valence-corrected chi connectivity index (χ3v) is 4.02. The second-order valence-electron chi connectivity index (χ2n) is 5.86. The van der Waals surface area contributed by atoms with E-state index in [2.05, 4.69) is 22.5 Å². The first-order chi connectivity index (χ1) is 8.75. The highest BCUT2D eigenvalue weighted by molar-refractivity contribution is 5.81. The van der Waals surface area contributed by atoms with Gasteiger partial charge < -0.3 is 15.5 Å². The van der Waals surface area contributed by atoms with Gasteiger partial charge in [-0.15, -0.1) is 0 Å². The highest BCUT2D eigenvalue weighted by atomic mass is 16.2. The Morgan fingerprint density at radius 3 is 2.78 bits per heavy atom. The van der Waals surface area contributed by atoms with Crippen molar-refractivity contribution in [2.45, 2.75) is 45.1 Å². The Labute approximate surface area is 110 Å². The fourth-order valence-corrected chi connectivity index (χ4v) is 2.94. The number of nitrogens with one attached hydrogen (secondary N) is 2. The molecule has 4 nitrogen and oxygen atoms in total. The van der Waals surface area contributed by atoms with E-state index in [0.29, 0.717) is 5.92 Å². The number of amides is 1. The van der Waals surface area contributed by atoms with Gasteiger partial charge in [0.2, 0.25) is 5.91 Å². The molecule has 0 radical (unpaired) electrons. The number of hydrogen-bond acceptors (Lipinski definition) is 3. The monoisotopic (exact) mass is 253 g/mol. The van der Waals surface area contributed by atoms with Crippen LogP contribution in [0.25, 0.3) is 0 Å². The van der Waals surface area contributed by atoms with Crippen molar-refractivity contribution in [2.24, 2.45) is 5.92 Å². The molecule has 2 fully saturated rings. The molecule has 2 heterocycles. The van der Waals surface area contributed by atoms with Crippen LogP contribution in [-0.2, 0) is 4.79 Å². The predicted octanol–water partition coefficient (Wildman–Crippen LogP) is 0.977. The zero-order valence-electron chi connectivity index (χ0n) is 11.6. The van der Waals surface area contributed by atoms with Crippen LogP contribution in [0.5, 0.6) is 0 Å². The molecule has 18 heavy (non-hydrogen) atoms. The molecule has 2 atom stereocenters. The lowest BCUT2D eigenvalue weighted by atomic mass is 10.0. The first-order valence-electron chi connectivity index (χ1n) is 7.49. The molecular weight excluding hydrogens is 226 g/mol. The number of rotatable bonds is 5.